The largest absolute Gasteiger partial charge is 0.496 e. The lowest BCUT2D eigenvalue weighted by atomic mass is 10.0. The van der Waals surface area contributed by atoms with Gasteiger partial charge in [-0.2, -0.15) is 0 Å². The monoisotopic (exact) mass is 347 g/mol. The van der Waals surface area contributed by atoms with E-state index in [4.69, 9.17) is 9.47 Å². The molecular weight excluding hydrogens is 322 g/mol. The van der Waals surface area contributed by atoms with Crippen molar-refractivity contribution in [2.45, 2.75) is 31.7 Å². The Morgan fingerprint density at radius 2 is 1.58 bits per heavy atom. The maximum Gasteiger partial charge on any atom is 0.122 e. The first-order valence-electron chi connectivity index (χ1n) is 8.43. The highest BCUT2D eigenvalue weighted by Crippen LogP contribution is 2.24. The molecule has 1 aliphatic heterocycles. The lowest BCUT2D eigenvalue weighted by Crippen LogP contribution is -2.28. The summed E-state index contributed by atoms with van der Waals surface area (Å²) in [6.07, 6.45) is 4.37. The molecule has 4 heteroatoms. The molecule has 0 radical (unpaired) electrons. The minimum absolute atomic E-state index is 0. The van der Waals surface area contributed by atoms with Crippen LogP contribution in [0.2, 0.25) is 0 Å². The molecule has 0 bridgehead atoms. The van der Waals surface area contributed by atoms with Gasteiger partial charge in [0.1, 0.15) is 18.1 Å². The first-order chi connectivity index (χ1) is 11.4. The fourth-order valence-corrected chi connectivity index (χ4v) is 3.12. The molecule has 1 N–H and O–H groups in total. The highest BCUT2D eigenvalue weighted by atomic mass is 35.5. The van der Waals surface area contributed by atoms with Crippen LogP contribution in [0, 0.1) is 0 Å². The molecule has 0 saturated carbocycles. The molecule has 1 aliphatic rings. The first kappa shape index (κ1) is 18.6. The average Bonchev–Trinajstić information content (AvgIpc) is 3.12. The molecule has 1 heterocycles. The lowest BCUT2D eigenvalue weighted by molar-refractivity contribution is 0.274. The summed E-state index contributed by atoms with van der Waals surface area (Å²) in [6.45, 7) is 1.87. The van der Waals surface area contributed by atoms with Crippen LogP contribution in [0.1, 0.15) is 24.0 Å². The highest BCUT2D eigenvalue weighted by molar-refractivity contribution is 5.85. The Morgan fingerprint density at radius 1 is 0.958 bits per heavy atom. The smallest absolute Gasteiger partial charge is 0.122 e. The van der Waals surface area contributed by atoms with E-state index >= 15 is 0 Å². The summed E-state index contributed by atoms with van der Waals surface area (Å²) < 4.78 is 11.5. The number of hydrogen-bond donors (Lipinski definition) is 1. The summed E-state index contributed by atoms with van der Waals surface area (Å²) in [5.41, 5.74) is 2.50. The molecule has 1 fully saturated rings. The molecule has 0 aromatic heterocycles. The SMILES string of the molecule is COc1ccccc1CCc1ccccc1OC[C@H]1CCCN1.Cl. The molecule has 130 valence electrons. The van der Waals surface area contributed by atoms with Crippen LogP contribution in [0.5, 0.6) is 11.5 Å². The van der Waals surface area contributed by atoms with Crippen molar-refractivity contribution >= 4 is 12.4 Å². The third-order valence-corrected chi connectivity index (χ3v) is 4.43. The maximum atomic E-state index is 6.07. The number of methoxy groups -OCH3 is 1. The van der Waals surface area contributed by atoms with Crippen molar-refractivity contribution in [2.75, 3.05) is 20.3 Å². The predicted molar refractivity (Wildman–Crippen MR) is 101 cm³/mol. The second kappa shape index (κ2) is 9.55. The van der Waals surface area contributed by atoms with Gasteiger partial charge in [-0.25, -0.2) is 0 Å². The second-order valence-corrected chi connectivity index (χ2v) is 6.02. The Hall–Kier alpha value is -1.71. The minimum Gasteiger partial charge on any atom is -0.496 e. The third-order valence-electron chi connectivity index (χ3n) is 4.43. The van der Waals surface area contributed by atoms with Gasteiger partial charge in [0.25, 0.3) is 0 Å². The van der Waals surface area contributed by atoms with Gasteiger partial charge in [0.05, 0.1) is 7.11 Å². The van der Waals surface area contributed by atoms with E-state index in [1.807, 2.05) is 18.2 Å². The molecule has 2 aromatic rings. The van der Waals surface area contributed by atoms with Crippen LogP contribution in [0.4, 0.5) is 0 Å². The maximum absolute atomic E-state index is 6.07. The van der Waals surface area contributed by atoms with Crippen LogP contribution >= 0.6 is 12.4 Å². The molecule has 24 heavy (non-hydrogen) atoms. The Labute approximate surface area is 150 Å². The van der Waals surface area contributed by atoms with Crippen molar-refractivity contribution in [1.82, 2.24) is 5.32 Å². The summed E-state index contributed by atoms with van der Waals surface area (Å²) in [5.74, 6) is 1.97. The summed E-state index contributed by atoms with van der Waals surface area (Å²) in [4.78, 5) is 0. The van der Waals surface area contributed by atoms with Crippen LogP contribution in [-0.2, 0) is 12.8 Å². The van der Waals surface area contributed by atoms with Crippen LogP contribution in [0.15, 0.2) is 48.5 Å². The molecule has 2 aromatic carbocycles. The molecule has 3 nitrogen and oxygen atoms in total. The number of ether oxygens (including phenoxy) is 2. The van der Waals surface area contributed by atoms with Gasteiger partial charge in [0.2, 0.25) is 0 Å². The van der Waals surface area contributed by atoms with Crippen molar-refractivity contribution in [1.29, 1.82) is 0 Å². The minimum atomic E-state index is 0. The predicted octanol–water partition coefficient (Wildman–Crippen LogP) is 4.03. The van der Waals surface area contributed by atoms with Gasteiger partial charge in [-0.05, 0) is 55.5 Å². The molecule has 0 aliphatic carbocycles. The number of rotatable bonds is 7. The van der Waals surface area contributed by atoms with E-state index in [-0.39, 0.29) is 12.4 Å². The molecule has 0 amide bonds. The number of halogens is 1. The van der Waals surface area contributed by atoms with E-state index in [2.05, 4.69) is 35.6 Å². The third kappa shape index (κ3) is 4.89. The van der Waals surface area contributed by atoms with Crippen molar-refractivity contribution < 1.29 is 9.47 Å². The number of hydrogen-bond acceptors (Lipinski definition) is 3. The first-order valence-corrected chi connectivity index (χ1v) is 8.43. The van der Waals surface area contributed by atoms with Crippen LogP contribution in [0.3, 0.4) is 0 Å². The van der Waals surface area contributed by atoms with Gasteiger partial charge >= 0.3 is 0 Å². The summed E-state index contributed by atoms with van der Waals surface area (Å²) in [5, 5.41) is 3.48. The van der Waals surface area contributed by atoms with Gasteiger partial charge in [0.15, 0.2) is 0 Å². The zero-order valence-electron chi connectivity index (χ0n) is 14.2. The van der Waals surface area contributed by atoms with E-state index in [0.717, 1.165) is 37.5 Å². The Kier molecular flexibility index (Phi) is 7.41. The molecular formula is C20H26ClNO2. The van der Waals surface area contributed by atoms with Gasteiger partial charge in [0, 0.05) is 6.04 Å². The Bertz CT molecular complexity index is 627. The van der Waals surface area contributed by atoms with Crippen molar-refractivity contribution in [3.8, 4) is 11.5 Å². The fraction of sp³-hybridized carbons (Fsp3) is 0.400. The van der Waals surface area contributed by atoms with Gasteiger partial charge < -0.3 is 14.8 Å². The molecule has 1 atom stereocenters. The zero-order chi connectivity index (χ0) is 15.9. The quantitative estimate of drug-likeness (QED) is 0.820. The van der Waals surface area contributed by atoms with Crippen molar-refractivity contribution in [3.63, 3.8) is 0 Å². The molecule has 3 rings (SSSR count). The van der Waals surface area contributed by atoms with E-state index < -0.39 is 0 Å². The van der Waals surface area contributed by atoms with E-state index in [1.165, 1.54) is 24.0 Å². The summed E-state index contributed by atoms with van der Waals surface area (Å²) >= 11 is 0. The van der Waals surface area contributed by atoms with Gasteiger partial charge in [-0.15, -0.1) is 12.4 Å². The summed E-state index contributed by atoms with van der Waals surface area (Å²) in [7, 11) is 1.73. The number of para-hydroxylation sites is 2. The van der Waals surface area contributed by atoms with E-state index in [9.17, 15) is 0 Å². The molecule has 0 spiro atoms. The second-order valence-electron chi connectivity index (χ2n) is 6.02. The van der Waals surface area contributed by atoms with Gasteiger partial charge in [-0.1, -0.05) is 36.4 Å². The van der Waals surface area contributed by atoms with E-state index in [1.54, 1.807) is 7.11 Å². The lowest BCUT2D eigenvalue weighted by Gasteiger charge is -2.15. The number of benzene rings is 2. The zero-order valence-corrected chi connectivity index (χ0v) is 15.0. The Balaban J connectivity index is 0.00000208. The summed E-state index contributed by atoms with van der Waals surface area (Å²) in [6, 6.07) is 17.1. The number of aryl methyl sites for hydroxylation is 2. The normalized spacial score (nSPS) is 16.5. The number of nitrogens with one attached hydrogen (secondary N) is 1. The molecule has 0 unspecified atom stereocenters. The average molecular weight is 348 g/mol. The fourth-order valence-electron chi connectivity index (χ4n) is 3.12. The highest BCUT2D eigenvalue weighted by Gasteiger charge is 2.15. The van der Waals surface area contributed by atoms with Gasteiger partial charge in [-0.3, -0.25) is 0 Å². The topological polar surface area (TPSA) is 30.5 Å². The molecule has 1 saturated heterocycles. The Morgan fingerprint density at radius 3 is 2.21 bits per heavy atom. The van der Waals surface area contributed by atoms with E-state index in [0.29, 0.717) is 6.04 Å². The van der Waals surface area contributed by atoms with Crippen LogP contribution in [0.25, 0.3) is 0 Å². The standard InChI is InChI=1S/C20H25NO2.ClH/c1-22-19-10-4-2-7-16(19)12-13-17-8-3-5-11-20(17)23-15-18-9-6-14-21-18;/h2-5,7-8,10-11,18,21H,6,9,12-15H2,1H3;1H/t18-;/m1./s1. The van der Waals surface area contributed by atoms with Crippen LogP contribution in [-0.4, -0.2) is 26.3 Å². The van der Waals surface area contributed by atoms with Crippen molar-refractivity contribution in [3.05, 3.63) is 59.7 Å². The van der Waals surface area contributed by atoms with Crippen molar-refractivity contribution in [2.24, 2.45) is 0 Å². The van der Waals surface area contributed by atoms with Crippen LogP contribution < -0.4 is 14.8 Å².